The summed E-state index contributed by atoms with van der Waals surface area (Å²) in [5.41, 5.74) is 0.690. The van der Waals surface area contributed by atoms with Gasteiger partial charge in [0.2, 0.25) is 5.91 Å². The monoisotopic (exact) mass is 375 g/mol. The van der Waals surface area contributed by atoms with Crippen LogP contribution < -0.4 is 0 Å². The lowest BCUT2D eigenvalue weighted by atomic mass is 10.1. The number of amides is 1. The summed E-state index contributed by atoms with van der Waals surface area (Å²) >= 11 is 1.04. The first-order chi connectivity index (χ1) is 12.4. The number of ketones is 1. The highest BCUT2D eigenvalue weighted by molar-refractivity contribution is 8.00. The van der Waals surface area contributed by atoms with E-state index in [9.17, 15) is 18.4 Å². The van der Waals surface area contributed by atoms with Crippen molar-refractivity contribution in [1.82, 2.24) is 4.90 Å². The Morgan fingerprint density at radius 3 is 2.50 bits per heavy atom. The zero-order chi connectivity index (χ0) is 19.1. The molecule has 0 aliphatic carbocycles. The maximum Gasteiger partial charge on any atom is 0.233 e. The molecule has 0 heterocycles. The average Bonchev–Trinajstić information content (AvgIpc) is 2.61. The van der Waals surface area contributed by atoms with Gasteiger partial charge in [0.1, 0.15) is 11.6 Å². The van der Waals surface area contributed by atoms with E-state index in [-0.39, 0.29) is 46.8 Å². The molecule has 136 valence electrons. The van der Waals surface area contributed by atoms with E-state index in [1.165, 1.54) is 30.0 Å². The van der Waals surface area contributed by atoms with Gasteiger partial charge >= 0.3 is 0 Å². The molecule has 0 radical (unpaired) electrons. The molecule has 0 saturated heterocycles. The highest BCUT2D eigenvalue weighted by atomic mass is 32.2. The number of carbonyl (C=O) groups excluding carboxylic acids is 2. The van der Waals surface area contributed by atoms with Gasteiger partial charge in [-0.25, -0.2) is 8.78 Å². The van der Waals surface area contributed by atoms with E-state index in [1.807, 2.05) is 0 Å². The summed E-state index contributed by atoms with van der Waals surface area (Å²) in [5.74, 6) is -1.40. The standard InChI is InChI=1S/C20H19F2NO2S/c1-3-10-23(12-16-6-4-5-7-17(16)21)20(25)13-26-19-9-8-15(14(2)24)11-18(19)22/h3-9,11H,1,10,12-13H2,2H3. The minimum absolute atomic E-state index is 0.00136. The summed E-state index contributed by atoms with van der Waals surface area (Å²) < 4.78 is 27.9. The highest BCUT2D eigenvalue weighted by Gasteiger charge is 2.16. The quantitative estimate of drug-likeness (QED) is 0.388. The maximum atomic E-state index is 14.0. The number of thioether (sulfide) groups is 1. The van der Waals surface area contributed by atoms with Gasteiger partial charge in [0.25, 0.3) is 0 Å². The van der Waals surface area contributed by atoms with Gasteiger partial charge < -0.3 is 4.90 Å². The molecular formula is C20H19F2NO2S. The second kappa shape index (κ2) is 9.29. The number of carbonyl (C=O) groups is 2. The minimum Gasteiger partial charge on any atom is -0.334 e. The van der Waals surface area contributed by atoms with Gasteiger partial charge in [-0.15, -0.1) is 18.3 Å². The van der Waals surface area contributed by atoms with Crippen LogP contribution in [0.4, 0.5) is 8.78 Å². The molecule has 0 spiro atoms. The molecule has 0 aliphatic rings. The molecule has 26 heavy (non-hydrogen) atoms. The fourth-order valence-corrected chi connectivity index (χ4v) is 3.13. The van der Waals surface area contributed by atoms with Crippen molar-refractivity contribution >= 4 is 23.5 Å². The molecule has 2 rings (SSSR count). The minimum atomic E-state index is -0.542. The number of nitrogens with zero attached hydrogens (tertiary/aromatic N) is 1. The smallest absolute Gasteiger partial charge is 0.233 e. The molecule has 0 saturated carbocycles. The van der Waals surface area contributed by atoms with Crippen molar-refractivity contribution in [3.05, 3.63) is 77.9 Å². The third kappa shape index (κ3) is 5.26. The van der Waals surface area contributed by atoms with E-state index >= 15 is 0 Å². The fraction of sp³-hybridized carbons (Fsp3) is 0.200. The van der Waals surface area contributed by atoms with E-state index in [0.29, 0.717) is 5.56 Å². The van der Waals surface area contributed by atoms with Crippen molar-refractivity contribution in [3.63, 3.8) is 0 Å². The summed E-state index contributed by atoms with van der Waals surface area (Å²) in [4.78, 5) is 25.5. The van der Waals surface area contributed by atoms with Crippen LogP contribution in [-0.4, -0.2) is 28.9 Å². The molecule has 0 fully saturated rings. The summed E-state index contributed by atoms with van der Waals surface area (Å²) in [6, 6.07) is 10.4. The molecule has 0 atom stereocenters. The van der Waals surface area contributed by atoms with Gasteiger partial charge in [-0.05, 0) is 25.1 Å². The lowest BCUT2D eigenvalue weighted by Gasteiger charge is -2.21. The van der Waals surface area contributed by atoms with Crippen molar-refractivity contribution in [2.75, 3.05) is 12.3 Å². The van der Waals surface area contributed by atoms with E-state index in [0.717, 1.165) is 17.8 Å². The first kappa shape index (κ1) is 19.8. The Hall–Kier alpha value is -2.47. The summed E-state index contributed by atoms with van der Waals surface area (Å²) in [6.07, 6.45) is 1.56. The average molecular weight is 375 g/mol. The molecule has 0 aliphatic heterocycles. The normalized spacial score (nSPS) is 10.4. The maximum absolute atomic E-state index is 14.0. The van der Waals surface area contributed by atoms with Gasteiger partial charge in [0.05, 0.1) is 5.75 Å². The SMILES string of the molecule is C=CCN(Cc1ccccc1F)C(=O)CSc1ccc(C(C)=O)cc1F. The van der Waals surface area contributed by atoms with Crippen LogP contribution in [0.15, 0.2) is 60.0 Å². The van der Waals surface area contributed by atoms with Crippen molar-refractivity contribution in [2.45, 2.75) is 18.4 Å². The number of benzene rings is 2. The van der Waals surface area contributed by atoms with Gasteiger partial charge in [-0.3, -0.25) is 9.59 Å². The Balaban J connectivity index is 2.05. The lowest BCUT2D eigenvalue weighted by Crippen LogP contribution is -2.32. The summed E-state index contributed by atoms with van der Waals surface area (Å²) in [6.45, 7) is 5.36. The topological polar surface area (TPSA) is 37.4 Å². The van der Waals surface area contributed by atoms with Crippen LogP contribution in [0.2, 0.25) is 0 Å². The van der Waals surface area contributed by atoms with Gasteiger partial charge in [-0.1, -0.05) is 30.3 Å². The number of hydrogen-bond donors (Lipinski definition) is 0. The Morgan fingerprint density at radius 1 is 1.15 bits per heavy atom. The second-order valence-corrected chi connectivity index (χ2v) is 6.66. The second-order valence-electron chi connectivity index (χ2n) is 5.64. The summed E-state index contributed by atoms with van der Waals surface area (Å²) in [7, 11) is 0. The predicted molar refractivity (Wildman–Crippen MR) is 99.1 cm³/mol. The number of rotatable bonds is 8. The number of halogens is 2. The van der Waals surface area contributed by atoms with Crippen molar-refractivity contribution in [1.29, 1.82) is 0 Å². The first-order valence-electron chi connectivity index (χ1n) is 7.97. The van der Waals surface area contributed by atoms with Gasteiger partial charge in [0, 0.05) is 29.1 Å². The van der Waals surface area contributed by atoms with E-state index in [2.05, 4.69) is 6.58 Å². The van der Waals surface area contributed by atoms with Crippen molar-refractivity contribution in [2.24, 2.45) is 0 Å². The molecule has 1 amide bonds. The predicted octanol–water partition coefficient (Wildman–Crippen LogP) is 4.47. The molecule has 0 aromatic heterocycles. The van der Waals surface area contributed by atoms with Crippen molar-refractivity contribution < 1.29 is 18.4 Å². The van der Waals surface area contributed by atoms with Crippen LogP contribution >= 0.6 is 11.8 Å². The van der Waals surface area contributed by atoms with E-state index in [4.69, 9.17) is 0 Å². The molecule has 3 nitrogen and oxygen atoms in total. The van der Waals surface area contributed by atoms with Crippen LogP contribution in [0.3, 0.4) is 0 Å². The Morgan fingerprint density at radius 2 is 1.88 bits per heavy atom. The molecule has 0 N–H and O–H groups in total. The van der Waals surface area contributed by atoms with E-state index in [1.54, 1.807) is 24.3 Å². The zero-order valence-corrected chi connectivity index (χ0v) is 15.2. The largest absolute Gasteiger partial charge is 0.334 e. The Bertz CT molecular complexity index is 823. The molecule has 0 bridgehead atoms. The third-order valence-corrected chi connectivity index (χ3v) is 4.74. The number of hydrogen-bond acceptors (Lipinski definition) is 3. The molecule has 6 heteroatoms. The van der Waals surface area contributed by atoms with Crippen LogP contribution in [-0.2, 0) is 11.3 Å². The third-order valence-electron chi connectivity index (χ3n) is 3.71. The Kier molecular flexibility index (Phi) is 7.09. The number of Topliss-reactive ketones (excluding diaryl/α,β-unsaturated/α-hetero) is 1. The first-order valence-corrected chi connectivity index (χ1v) is 8.96. The molecular weight excluding hydrogens is 356 g/mol. The van der Waals surface area contributed by atoms with E-state index < -0.39 is 5.82 Å². The van der Waals surface area contributed by atoms with Crippen LogP contribution in [0.25, 0.3) is 0 Å². The van der Waals surface area contributed by atoms with Gasteiger partial charge in [-0.2, -0.15) is 0 Å². The highest BCUT2D eigenvalue weighted by Crippen LogP contribution is 2.23. The van der Waals surface area contributed by atoms with Crippen LogP contribution in [0.5, 0.6) is 0 Å². The van der Waals surface area contributed by atoms with Crippen molar-refractivity contribution in [3.8, 4) is 0 Å². The molecule has 0 unspecified atom stereocenters. The Labute approximate surface area is 155 Å². The lowest BCUT2D eigenvalue weighted by molar-refractivity contribution is -0.128. The molecule has 2 aromatic rings. The fourth-order valence-electron chi connectivity index (χ4n) is 2.31. The van der Waals surface area contributed by atoms with Crippen LogP contribution in [0.1, 0.15) is 22.8 Å². The van der Waals surface area contributed by atoms with Crippen LogP contribution in [0, 0.1) is 11.6 Å². The molecule has 2 aromatic carbocycles. The van der Waals surface area contributed by atoms with Gasteiger partial charge in [0.15, 0.2) is 5.78 Å². The zero-order valence-electron chi connectivity index (χ0n) is 14.4. The summed E-state index contributed by atoms with van der Waals surface area (Å²) in [5, 5.41) is 0.